The second-order valence-corrected chi connectivity index (χ2v) is 4.98. The second-order valence-electron chi connectivity index (χ2n) is 4.54. The topological polar surface area (TPSA) is 46.2 Å². The molecule has 0 fully saturated rings. The van der Waals surface area contributed by atoms with E-state index >= 15 is 0 Å². The smallest absolute Gasteiger partial charge is 0.0858 e. The monoisotopic (exact) mass is 213 g/mol. The zero-order valence-corrected chi connectivity index (χ0v) is 9.47. The van der Waals surface area contributed by atoms with Gasteiger partial charge < -0.3 is 10.8 Å². The van der Waals surface area contributed by atoms with Crippen LogP contribution in [0.1, 0.15) is 32.4 Å². The molecule has 1 aromatic carbocycles. The minimum absolute atomic E-state index is 0.237. The third-order valence-electron chi connectivity index (χ3n) is 2.16. The Morgan fingerprint density at radius 3 is 2.43 bits per heavy atom. The number of hydrogen-bond donors (Lipinski definition) is 2. The first-order valence-corrected chi connectivity index (χ1v) is 4.93. The van der Waals surface area contributed by atoms with Crippen molar-refractivity contribution in [1.29, 1.82) is 0 Å². The molecular formula is C11H16ClNO. The van der Waals surface area contributed by atoms with Crippen LogP contribution >= 0.6 is 11.6 Å². The van der Waals surface area contributed by atoms with Gasteiger partial charge in [0.25, 0.3) is 0 Å². The molecule has 14 heavy (non-hydrogen) atoms. The number of nitrogens with two attached hydrogens (primary N) is 1. The van der Waals surface area contributed by atoms with Gasteiger partial charge in [0.15, 0.2) is 0 Å². The molecule has 0 bridgehead atoms. The van der Waals surface area contributed by atoms with E-state index in [2.05, 4.69) is 0 Å². The highest BCUT2D eigenvalue weighted by Gasteiger charge is 2.25. The highest BCUT2D eigenvalue weighted by molar-refractivity contribution is 6.30. The molecule has 0 radical (unpaired) electrons. The number of halogens is 1. The largest absolute Gasteiger partial charge is 0.398 e. The van der Waals surface area contributed by atoms with Gasteiger partial charge in [-0.3, -0.25) is 0 Å². The fraction of sp³-hybridized carbons (Fsp3) is 0.455. The number of aliphatic hydroxyl groups is 1. The van der Waals surface area contributed by atoms with Gasteiger partial charge in [-0.15, -0.1) is 0 Å². The summed E-state index contributed by atoms with van der Waals surface area (Å²) in [5.74, 6) is 0. The lowest BCUT2D eigenvalue weighted by molar-refractivity contribution is 0.0633. The fourth-order valence-electron chi connectivity index (χ4n) is 1.25. The first kappa shape index (κ1) is 11.3. The van der Waals surface area contributed by atoms with E-state index in [4.69, 9.17) is 17.3 Å². The average molecular weight is 214 g/mol. The van der Waals surface area contributed by atoms with E-state index in [0.29, 0.717) is 16.3 Å². The highest BCUT2D eigenvalue weighted by atomic mass is 35.5. The number of nitrogen functional groups attached to an aromatic ring is 1. The van der Waals surface area contributed by atoms with Gasteiger partial charge in [-0.05, 0) is 23.6 Å². The molecular weight excluding hydrogens is 198 g/mol. The van der Waals surface area contributed by atoms with E-state index in [0.717, 1.165) is 0 Å². The van der Waals surface area contributed by atoms with Gasteiger partial charge in [0.2, 0.25) is 0 Å². The molecule has 0 amide bonds. The van der Waals surface area contributed by atoms with Crippen molar-refractivity contribution in [2.45, 2.75) is 26.9 Å². The van der Waals surface area contributed by atoms with Crippen LogP contribution in [0.15, 0.2) is 18.2 Å². The molecule has 0 spiro atoms. The second kappa shape index (κ2) is 3.79. The molecule has 0 aliphatic heterocycles. The summed E-state index contributed by atoms with van der Waals surface area (Å²) in [7, 11) is 0. The standard InChI is InChI=1S/C11H16ClNO/c1-11(2,3)10(14)8-6-7(12)4-5-9(8)13/h4-6,10,14H,13H2,1-3H3. The Labute approximate surface area is 89.7 Å². The van der Waals surface area contributed by atoms with Gasteiger partial charge >= 0.3 is 0 Å². The summed E-state index contributed by atoms with van der Waals surface area (Å²) in [6.07, 6.45) is -0.596. The van der Waals surface area contributed by atoms with Crippen molar-refractivity contribution >= 4 is 17.3 Å². The van der Waals surface area contributed by atoms with Crippen LogP contribution in [0, 0.1) is 5.41 Å². The molecule has 1 rings (SSSR count). The zero-order chi connectivity index (χ0) is 10.9. The van der Waals surface area contributed by atoms with E-state index in [1.807, 2.05) is 20.8 Å². The van der Waals surface area contributed by atoms with Crippen molar-refractivity contribution in [1.82, 2.24) is 0 Å². The summed E-state index contributed by atoms with van der Waals surface area (Å²) < 4.78 is 0. The molecule has 1 unspecified atom stereocenters. The van der Waals surface area contributed by atoms with Crippen LogP contribution in [0.25, 0.3) is 0 Å². The lowest BCUT2D eigenvalue weighted by atomic mass is 9.84. The van der Waals surface area contributed by atoms with Gasteiger partial charge in [0, 0.05) is 16.3 Å². The van der Waals surface area contributed by atoms with Crippen LogP contribution in [-0.4, -0.2) is 5.11 Å². The van der Waals surface area contributed by atoms with Crippen molar-refractivity contribution in [3.8, 4) is 0 Å². The minimum atomic E-state index is -0.596. The predicted octanol–water partition coefficient (Wildman–Crippen LogP) is 3.00. The van der Waals surface area contributed by atoms with E-state index in [1.54, 1.807) is 18.2 Å². The molecule has 3 heteroatoms. The Morgan fingerprint density at radius 2 is 1.93 bits per heavy atom. The third kappa shape index (κ3) is 2.40. The number of aliphatic hydroxyl groups excluding tert-OH is 1. The first-order valence-electron chi connectivity index (χ1n) is 4.55. The zero-order valence-electron chi connectivity index (χ0n) is 8.71. The maximum absolute atomic E-state index is 10.0. The first-order chi connectivity index (χ1) is 6.32. The molecule has 0 saturated carbocycles. The van der Waals surface area contributed by atoms with E-state index < -0.39 is 6.10 Å². The number of rotatable bonds is 1. The maximum atomic E-state index is 10.0. The molecule has 1 aromatic rings. The van der Waals surface area contributed by atoms with Crippen LogP contribution in [-0.2, 0) is 0 Å². The average Bonchev–Trinajstić information content (AvgIpc) is 2.06. The lowest BCUT2D eigenvalue weighted by Crippen LogP contribution is -2.19. The Hall–Kier alpha value is -0.730. The van der Waals surface area contributed by atoms with Gasteiger partial charge in [-0.2, -0.15) is 0 Å². The molecule has 0 aliphatic carbocycles. The fourth-order valence-corrected chi connectivity index (χ4v) is 1.43. The molecule has 0 saturated heterocycles. The summed E-state index contributed by atoms with van der Waals surface area (Å²) in [6.45, 7) is 5.87. The number of benzene rings is 1. The predicted molar refractivity (Wildman–Crippen MR) is 60.3 cm³/mol. The lowest BCUT2D eigenvalue weighted by Gasteiger charge is -2.27. The summed E-state index contributed by atoms with van der Waals surface area (Å²) in [4.78, 5) is 0. The van der Waals surface area contributed by atoms with Crippen molar-refractivity contribution in [2.24, 2.45) is 5.41 Å². The normalized spacial score (nSPS) is 14.1. The van der Waals surface area contributed by atoms with Crippen molar-refractivity contribution in [2.75, 3.05) is 5.73 Å². The van der Waals surface area contributed by atoms with E-state index in [9.17, 15) is 5.11 Å². The summed E-state index contributed by atoms with van der Waals surface area (Å²) in [5.41, 5.74) is 6.81. The van der Waals surface area contributed by atoms with Crippen LogP contribution < -0.4 is 5.73 Å². The molecule has 3 N–H and O–H groups in total. The number of anilines is 1. The number of hydrogen-bond acceptors (Lipinski definition) is 2. The molecule has 0 aliphatic rings. The summed E-state index contributed by atoms with van der Waals surface area (Å²) in [5, 5.41) is 10.6. The molecule has 1 atom stereocenters. The Morgan fingerprint density at radius 1 is 1.36 bits per heavy atom. The third-order valence-corrected chi connectivity index (χ3v) is 2.40. The van der Waals surface area contributed by atoms with Crippen LogP contribution in [0.5, 0.6) is 0 Å². The molecule has 0 heterocycles. The molecule has 2 nitrogen and oxygen atoms in total. The molecule has 78 valence electrons. The van der Waals surface area contributed by atoms with E-state index in [-0.39, 0.29) is 5.41 Å². The van der Waals surface area contributed by atoms with Crippen LogP contribution in [0.3, 0.4) is 0 Å². The van der Waals surface area contributed by atoms with E-state index in [1.165, 1.54) is 0 Å². The van der Waals surface area contributed by atoms with Gasteiger partial charge in [-0.1, -0.05) is 32.4 Å². The van der Waals surface area contributed by atoms with Crippen molar-refractivity contribution < 1.29 is 5.11 Å². The molecule has 0 aromatic heterocycles. The summed E-state index contributed by atoms with van der Waals surface area (Å²) >= 11 is 5.84. The quantitative estimate of drug-likeness (QED) is 0.705. The Balaban J connectivity index is 3.12. The Bertz CT molecular complexity index is 331. The van der Waals surface area contributed by atoms with Gasteiger partial charge in [-0.25, -0.2) is 0 Å². The van der Waals surface area contributed by atoms with Crippen LogP contribution in [0.4, 0.5) is 5.69 Å². The van der Waals surface area contributed by atoms with Crippen molar-refractivity contribution in [3.05, 3.63) is 28.8 Å². The minimum Gasteiger partial charge on any atom is -0.398 e. The van der Waals surface area contributed by atoms with Gasteiger partial charge in [0.05, 0.1) is 6.10 Å². The maximum Gasteiger partial charge on any atom is 0.0858 e. The van der Waals surface area contributed by atoms with Crippen molar-refractivity contribution in [3.63, 3.8) is 0 Å². The highest BCUT2D eigenvalue weighted by Crippen LogP contribution is 2.36. The Kier molecular flexibility index (Phi) is 3.07. The SMILES string of the molecule is CC(C)(C)C(O)c1cc(Cl)ccc1N. The summed E-state index contributed by atoms with van der Waals surface area (Å²) in [6, 6.07) is 5.15. The van der Waals surface area contributed by atoms with Crippen LogP contribution in [0.2, 0.25) is 5.02 Å². The van der Waals surface area contributed by atoms with Gasteiger partial charge in [0.1, 0.15) is 0 Å².